The van der Waals surface area contributed by atoms with Crippen LogP contribution >= 0.6 is 11.6 Å². The molecule has 0 fully saturated rings. The fourth-order valence-corrected chi connectivity index (χ4v) is 0.853. The van der Waals surface area contributed by atoms with E-state index in [0.29, 0.717) is 18.1 Å². The average Bonchev–Trinajstić information content (AvgIpc) is 2.03. The van der Waals surface area contributed by atoms with Gasteiger partial charge in [-0.25, -0.2) is 0 Å². The monoisotopic (exact) mass is 190 g/mol. The van der Waals surface area contributed by atoms with E-state index in [-0.39, 0.29) is 11.8 Å². The number of amides is 1. The molecular formula is C8H15ClN2O. The highest BCUT2D eigenvalue weighted by Crippen LogP contribution is 2.00. The minimum atomic E-state index is -0.110. The van der Waals surface area contributed by atoms with Crippen molar-refractivity contribution in [1.82, 2.24) is 5.32 Å². The van der Waals surface area contributed by atoms with Crippen LogP contribution in [-0.2, 0) is 4.79 Å². The highest BCUT2D eigenvalue weighted by atomic mass is 35.5. The maximum absolute atomic E-state index is 11.2. The molecule has 1 unspecified atom stereocenters. The van der Waals surface area contributed by atoms with Crippen LogP contribution in [0, 0.1) is 5.92 Å². The van der Waals surface area contributed by atoms with Crippen LogP contribution < -0.4 is 11.1 Å². The highest BCUT2D eigenvalue weighted by molar-refractivity contribution is 6.29. The van der Waals surface area contributed by atoms with Gasteiger partial charge in [0, 0.05) is 17.5 Å². The van der Waals surface area contributed by atoms with Gasteiger partial charge in [-0.1, -0.05) is 25.1 Å². The molecule has 3 nitrogen and oxygen atoms in total. The van der Waals surface area contributed by atoms with Gasteiger partial charge in [0.15, 0.2) is 0 Å². The van der Waals surface area contributed by atoms with Crippen LogP contribution in [0.2, 0.25) is 0 Å². The van der Waals surface area contributed by atoms with E-state index in [1.165, 1.54) is 0 Å². The minimum Gasteiger partial charge on any atom is -0.351 e. The lowest BCUT2D eigenvalue weighted by molar-refractivity contribution is -0.124. The standard InChI is InChI=1S/C8H15ClN2O/c1-3-7(4-10)8(12)11-5-6(2)9/h7H,2-5,10H2,1H3,(H,11,12). The van der Waals surface area contributed by atoms with E-state index in [4.69, 9.17) is 17.3 Å². The Kier molecular flexibility index (Phi) is 5.76. The molecule has 0 aromatic rings. The van der Waals surface area contributed by atoms with Crippen LogP contribution in [0.3, 0.4) is 0 Å². The SMILES string of the molecule is C=C(Cl)CNC(=O)C(CC)CN. The molecule has 0 aliphatic heterocycles. The molecule has 0 saturated heterocycles. The second-order valence-corrected chi connectivity index (χ2v) is 3.11. The molecule has 4 heteroatoms. The third kappa shape index (κ3) is 4.36. The number of hydrogen-bond donors (Lipinski definition) is 2. The van der Waals surface area contributed by atoms with Gasteiger partial charge in [0.1, 0.15) is 0 Å². The summed E-state index contributed by atoms with van der Waals surface area (Å²) in [6.45, 7) is 6.07. The summed E-state index contributed by atoms with van der Waals surface area (Å²) in [4.78, 5) is 11.2. The van der Waals surface area contributed by atoms with E-state index < -0.39 is 0 Å². The molecule has 0 aliphatic carbocycles. The van der Waals surface area contributed by atoms with Crippen LogP contribution in [0.25, 0.3) is 0 Å². The number of hydrogen-bond acceptors (Lipinski definition) is 2. The quantitative estimate of drug-likeness (QED) is 0.675. The Labute approximate surface area is 78.0 Å². The van der Waals surface area contributed by atoms with Gasteiger partial charge >= 0.3 is 0 Å². The first kappa shape index (κ1) is 11.5. The van der Waals surface area contributed by atoms with Crippen molar-refractivity contribution < 1.29 is 4.79 Å². The van der Waals surface area contributed by atoms with Crippen molar-refractivity contribution in [3.05, 3.63) is 11.6 Å². The van der Waals surface area contributed by atoms with E-state index >= 15 is 0 Å². The lowest BCUT2D eigenvalue weighted by atomic mass is 10.1. The summed E-state index contributed by atoms with van der Waals surface area (Å²) >= 11 is 5.47. The first-order valence-corrected chi connectivity index (χ1v) is 4.30. The van der Waals surface area contributed by atoms with E-state index in [9.17, 15) is 4.79 Å². The lowest BCUT2D eigenvalue weighted by Crippen LogP contribution is -2.35. The normalized spacial score (nSPS) is 12.2. The predicted octanol–water partition coefficient (Wildman–Crippen LogP) is 0.840. The molecule has 0 aromatic heterocycles. The molecule has 0 radical (unpaired) electrons. The largest absolute Gasteiger partial charge is 0.351 e. The van der Waals surface area contributed by atoms with Gasteiger partial charge in [0.25, 0.3) is 0 Å². The zero-order chi connectivity index (χ0) is 9.56. The molecule has 0 bridgehead atoms. The number of halogens is 1. The van der Waals surface area contributed by atoms with Crippen LogP contribution in [0.15, 0.2) is 11.6 Å². The van der Waals surface area contributed by atoms with Crippen molar-refractivity contribution in [2.45, 2.75) is 13.3 Å². The molecule has 0 aromatic carbocycles. The topological polar surface area (TPSA) is 55.1 Å². The maximum Gasteiger partial charge on any atom is 0.224 e. The van der Waals surface area contributed by atoms with E-state index in [1.807, 2.05) is 6.92 Å². The fourth-order valence-electron chi connectivity index (χ4n) is 0.786. The molecule has 12 heavy (non-hydrogen) atoms. The fraction of sp³-hybridized carbons (Fsp3) is 0.625. The van der Waals surface area contributed by atoms with Gasteiger partial charge in [0.2, 0.25) is 5.91 Å². The Morgan fingerprint density at radius 3 is 2.67 bits per heavy atom. The molecule has 0 rings (SSSR count). The Morgan fingerprint density at radius 1 is 1.75 bits per heavy atom. The Morgan fingerprint density at radius 2 is 2.33 bits per heavy atom. The summed E-state index contributed by atoms with van der Waals surface area (Å²) in [5, 5.41) is 3.06. The van der Waals surface area contributed by atoms with E-state index in [2.05, 4.69) is 11.9 Å². The smallest absolute Gasteiger partial charge is 0.224 e. The third-order valence-electron chi connectivity index (χ3n) is 1.60. The number of rotatable bonds is 5. The summed E-state index contributed by atoms with van der Waals surface area (Å²) in [7, 11) is 0. The van der Waals surface area contributed by atoms with Gasteiger partial charge in [-0.15, -0.1) is 0 Å². The van der Waals surface area contributed by atoms with Gasteiger partial charge in [-0.05, 0) is 6.42 Å². The first-order valence-electron chi connectivity index (χ1n) is 3.92. The summed E-state index contributed by atoms with van der Waals surface area (Å²) in [5.74, 6) is -0.164. The molecule has 1 amide bonds. The number of carbonyl (C=O) groups excluding carboxylic acids is 1. The van der Waals surface area contributed by atoms with Crippen LogP contribution in [0.1, 0.15) is 13.3 Å². The lowest BCUT2D eigenvalue weighted by Gasteiger charge is -2.11. The van der Waals surface area contributed by atoms with Crippen molar-refractivity contribution in [1.29, 1.82) is 0 Å². The first-order chi connectivity index (χ1) is 5.61. The second-order valence-electron chi connectivity index (χ2n) is 2.58. The molecule has 0 spiro atoms. The molecule has 0 aliphatic rings. The molecule has 1 atom stereocenters. The number of nitrogens with two attached hydrogens (primary N) is 1. The molecule has 3 N–H and O–H groups in total. The maximum atomic E-state index is 11.2. The number of carbonyl (C=O) groups is 1. The van der Waals surface area contributed by atoms with Crippen LogP contribution in [0.5, 0.6) is 0 Å². The van der Waals surface area contributed by atoms with Crippen LogP contribution in [-0.4, -0.2) is 19.0 Å². The molecule has 0 saturated carbocycles. The van der Waals surface area contributed by atoms with Crippen LogP contribution in [0.4, 0.5) is 0 Å². The number of nitrogens with one attached hydrogen (secondary N) is 1. The third-order valence-corrected chi connectivity index (χ3v) is 1.74. The van der Waals surface area contributed by atoms with Crippen molar-refractivity contribution in [3.63, 3.8) is 0 Å². The summed E-state index contributed by atoms with van der Waals surface area (Å²) in [6, 6.07) is 0. The summed E-state index contributed by atoms with van der Waals surface area (Å²) in [5.41, 5.74) is 5.37. The van der Waals surface area contributed by atoms with Gasteiger partial charge in [-0.3, -0.25) is 4.79 Å². The Hall–Kier alpha value is -0.540. The average molecular weight is 191 g/mol. The minimum absolute atomic E-state index is 0.0539. The second kappa shape index (κ2) is 6.03. The molecule has 0 heterocycles. The van der Waals surface area contributed by atoms with Crippen molar-refractivity contribution in [3.8, 4) is 0 Å². The Balaban J connectivity index is 3.77. The summed E-state index contributed by atoms with van der Waals surface area (Å²) < 4.78 is 0. The van der Waals surface area contributed by atoms with E-state index in [0.717, 1.165) is 6.42 Å². The van der Waals surface area contributed by atoms with Gasteiger partial charge < -0.3 is 11.1 Å². The molecular weight excluding hydrogens is 176 g/mol. The zero-order valence-electron chi connectivity index (χ0n) is 7.27. The van der Waals surface area contributed by atoms with Crippen molar-refractivity contribution in [2.24, 2.45) is 11.7 Å². The highest BCUT2D eigenvalue weighted by Gasteiger charge is 2.13. The summed E-state index contributed by atoms with van der Waals surface area (Å²) in [6.07, 6.45) is 0.747. The van der Waals surface area contributed by atoms with Crippen molar-refractivity contribution in [2.75, 3.05) is 13.1 Å². The van der Waals surface area contributed by atoms with Gasteiger partial charge in [0.05, 0.1) is 6.54 Å². The Bertz CT molecular complexity index is 166. The zero-order valence-corrected chi connectivity index (χ0v) is 8.03. The van der Waals surface area contributed by atoms with Gasteiger partial charge in [-0.2, -0.15) is 0 Å². The predicted molar refractivity (Wildman–Crippen MR) is 50.8 cm³/mol. The van der Waals surface area contributed by atoms with E-state index in [1.54, 1.807) is 0 Å². The molecule has 70 valence electrons. The van der Waals surface area contributed by atoms with Crippen molar-refractivity contribution >= 4 is 17.5 Å².